The zero-order valence-corrected chi connectivity index (χ0v) is 17.2. The Morgan fingerprint density at radius 1 is 1.07 bits per heavy atom. The second kappa shape index (κ2) is 9.58. The third-order valence-corrected chi connectivity index (χ3v) is 4.76. The molecule has 0 aliphatic carbocycles. The van der Waals surface area contributed by atoms with Crippen molar-refractivity contribution in [2.45, 2.75) is 13.3 Å². The minimum Gasteiger partial charge on any atom is -0.495 e. The molecule has 1 aliphatic heterocycles. The Labute approximate surface area is 175 Å². The highest BCUT2D eigenvalue weighted by atomic mass is 35.5. The second-order valence-corrected chi connectivity index (χ2v) is 6.83. The summed E-state index contributed by atoms with van der Waals surface area (Å²) in [5.74, 6) is -0.196. The Hall–Kier alpha value is -2.83. The van der Waals surface area contributed by atoms with Gasteiger partial charge in [0, 0.05) is 24.8 Å². The van der Waals surface area contributed by atoms with Crippen molar-refractivity contribution in [1.29, 1.82) is 0 Å². The Kier molecular flexibility index (Phi) is 6.90. The third kappa shape index (κ3) is 4.60. The molecule has 0 bridgehead atoms. The van der Waals surface area contributed by atoms with Gasteiger partial charge in [-0.3, -0.25) is 14.5 Å². The Balaban J connectivity index is 1.97. The number of nitrogens with zero attached hydrogens (tertiary/aromatic N) is 1. The zero-order valence-electron chi connectivity index (χ0n) is 16.4. The number of benzene rings is 2. The first-order valence-corrected chi connectivity index (χ1v) is 9.78. The molecule has 0 saturated heterocycles. The van der Waals surface area contributed by atoms with Crippen LogP contribution in [0.2, 0.25) is 5.02 Å². The van der Waals surface area contributed by atoms with E-state index in [0.717, 1.165) is 0 Å². The summed E-state index contributed by atoms with van der Waals surface area (Å²) in [4.78, 5) is 27.5. The van der Waals surface area contributed by atoms with E-state index in [9.17, 15) is 9.59 Å². The molecule has 7 heteroatoms. The van der Waals surface area contributed by atoms with Crippen molar-refractivity contribution in [1.82, 2.24) is 4.90 Å². The van der Waals surface area contributed by atoms with E-state index in [2.05, 4.69) is 5.32 Å². The van der Waals surface area contributed by atoms with Crippen molar-refractivity contribution < 1.29 is 19.1 Å². The van der Waals surface area contributed by atoms with Gasteiger partial charge in [-0.15, -0.1) is 0 Å². The van der Waals surface area contributed by atoms with E-state index in [1.54, 1.807) is 30.3 Å². The molecule has 0 aromatic heterocycles. The average Bonchev–Trinajstić information content (AvgIpc) is 2.96. The SMILES string of the molecule is CCOCCCN1C(=O)C(Nc2cc(Cl)ccc2OC)=C(c2ccccc2)C1=O. The maximum atomic E-state index is 13.1. The molecule has 0 saturated carbocycles. The number of rotatable bonds is 9. The van der Waals surface area contributed by atoms with Crippen molar-refractivity contribution >= 4 is 34.7 Å². The van der Waals surface area contributed by atoms with Crippen LogP contribution < -0.4 is 10.1 Å². The molecule has 3 rings (SSSR count). The molecule has 0 spiro atoms. The van der Waals surface area contributed by atoms with Crippen molar-refractivity contribution in [3.05, 3.63) is 64.8 Å². The number of hydrogen-bond acceptors (Lipinski definition) is 5. The van der Waals surface area contributed by atoms with E-state index in [1.807, 2.05) is 25.1 Å². The van der Waals surface area contributed by atoms with Crippen LogP contribution in [0.1, 0.15) is 18.9 Å². The summed E-state index contributed by atoms with van der Waals surface area (Å²) in [6, 6.07) is 14.2. The summed E-state index contributed by atoms with van der Waals surface area (Å²) in [7, 11) is 1.53. The number of anilines is 1. The lowest BCUT2D eigenvalue weighted by atomic mass is 10.0. The predicted octanol–water partition coefficient (Wildman–Crippen LogP) is 3.97. The van der Waals surface area contributed by atoms with Crippen LogP contribution >= 0.6 is 11.6 Å². The maximum absolute atomic E-state index is 13.1. The summed E-state index contributed by atoms with van der Waals surface area (Å²) < 4.78 is 10.7. The summed E-state index contributed by atoms with van der Waals surface area (Å²) in [5.41, 5.74) is 1.72. The van der Waals surface area contributed by atoms with Gasteiger partial charge in [-0.1, -0.05) is 41.9 Å². The molecule has 6 nitrogen and oxygen atoms in total. The van der Waals surface area contributed by atoms with Crippen molar-refractivity contribution in [2.75, 3.05) is 32.2 Å². The van der Waals surface area contributed by atoms with Gasteiger partial charge in [0.1, 0.15) is 11.4 Å². The largest absolute Gasteiger partial charge is 0.495 e. The van der Waals surface area contributed by atoms with Gasteiger partial charge in [0.25, 0.3) is 11.8 Å². The van der Waals surface area contributed by atoms with E-state index >= 15 is 0 Å². The van der Waals surface area contributed by atoms with E-state index in [-0.39, 0.29) is 24.1 Å². The summed E-state index contributed by atoms with van der Waals surface area (Å²) >= 11 is 6.12. The smallest absolute Gasteiger partial charge is 0.278 e. The number of imide groups is 1. The summed E-state index contributed by atoms with van der Waals surface area (Å²) in [5, 5.41) is 3.58. The van der Waals surface area contributed by atoms with Gasteiger partial charge < -0.3 is 14.8 Å². The van der Waals surface area contributed by atoms with E-state index in [0.29, 0.717) is 47.2 Å². The Morgan fingerprint density at radius 2 is 1.83 bits per heavy atom. The van der Waals surface area contributed by atoms with Crippen LogP contribution in [0.25, 0.3) is 5.57 Å². The molecular formula is C22H23ClN2O4. The van der Waals surface area contributed by atoms with Crippen LogP contribution in [-0.2, 0) is 14.3 Å². The molecule has 0 unspecified atom stereocenters. The number of nitrogens with one attached hydrogen (secondary N) is 1. The van der Waals surface area contributed by atoms with Gasteiger partial charge in [-0.2, -0.15) is 0 Å². The average molecular weight is 415 g/mol. The number of amides is 2. The maximum Gasteiger partial charge on any atom is 0.278 e. The number of carbonyl (C=O) groups excluding carboxylic acids is 2. The van der Waals surface area contributed by atoms with Crippen LogP contribution in [0, 0.1) is 0 Å². The van der Waals surface area contributed by atoms with Crippen LogP contribution in [0.3, 0.4) is 0 Å². The van der Waals surface area contributed by atoms with Gasteiger partial charge in [0.15, 0.2) is 0 Å². The van der Waals surface area contributed by atoms with Gasteiger partial charge in [0.05, 0.1) is 18.4 Å². The predicted molar refractivity (Wildman–Crippen MR) is 113 cm³/mol. The van der Waals surface area contributed by atoms with Crippen molar-refractivity contribution in [3.63, 3.8) is 0 Å². The number of methoxy groups -OCH3 is 1. The number of halogens is 1. The Bertz CT molecular complexity index is 928. The minimum atomic E-state index is -0.382. The molecule has 2 amide bonds. The first kappa shape index (κ1) is 20.9. The molecule has 152 valence electrons. The number of hydrogen-bond donors (Lipinski definition) is 1. The lowest BCUT2D eigenvalue weighted by molar-refractivity contribution is -0.137. The highest BCUT2D eigenvalue weighted by Crippen LogP contribution is 2.34. The minimum absolute atomic E-state index is 0.207. The van der Waals surface area contributed by atoms with Crippen LogP contribution in [0.4, 0.5) is 5.69 Å². The first-order chi connectivity index (χ1) is 14.1. The fourth-order valence-electron chi connectivity index (χ4n) is 3.15. The Morgan fingerprint density at radius 3 is 2.52 bits per heavy atom. The van der Waals surface area contributed by atoms with Gasteiger partial charge >= 0.3 is 0 Å². The number of ether oxygens (including phenoxy) is 2. The fraction of sp³-hybridized carbons (Fsp3) is 0.273. The molecule has 2 aromatic rings. The molecule has 1 aliphatic rings. The second-order valence-electron chi connectivity index (χ2n) is 6.40. The molecule has 1 N–H and O–H groups in total. The third-order valence-electron chi connectivity index (χ3n) is 4.53. The van der Waals surface area contributed by atoms with Gasteiger partial charge in [0.2, 0.25) is 0 Å². The van der Waals surface area contributed by atoms with E-state index in [1.165, 1.54) is 12.0 Å². The number of carbonyl (C=O) groups is 2. The van der Waals surface area contributed by atoms with Crippen LogP contribution in [0.5, 0.6) is 5.75 Å². The lowest BCUT2D eigenvalue weighted by Gasteiger charge is -2.16. The van der Waals surface area contributed by atoms with Gasteiger partial charge in [-0.25, -0.2) is 0 Å². The highest BCUT2D eigenvalue weighted by molar-refractivity contribution is 6.36. The molecule has 0 atom stereocenters. The van der Waals surface area contributed by atoms with E-state index in [4.69, 9.17) is 21.1 Å². The monoisotopic (exact) mass is 414 g/mol. The normalized spacial score (nSPS) is 14.0. The molecule has 0 radical (unpaired) electrons. The molecule has 29 heavy (non-hydrogen) atoms. The van der Waals surface area contributed by atoms with Crippen LogP contribution in [-0.4, -0.2) is 43.6 Å². The molecular weight excluding hydrogens is 392 g/mol. The standard InChI is InChI=1S/C22H23ClN2O4/c1-3-29-13-7-12-25-21(26)19(15-8-5-4-6-9-15)20(22(25)27)24-17-14-16(23)10-11-18(17)28-2/h4-6,8-11,14,24H,3,7,12-13H2,1-2H3. The molecule has 2 aromatic carbocycles. The first-order valence-electron chi connectivity index (χ1n) is 9.41. The van der Waals surface area contributed by atoms with E-state index < -0.39 is 0 Å². The van der Waals surface area contributed by atoms with Crippen molar-refractivity contribution in [3.8, 4) is 5.75 Å². The molecule has 1 heterocycles. The quantitative estimate of drug-likeness (QED) is 0.496. The highest BCUT2D eigenvalue weighted by Gasteiger charge is 2.39. The fourth-order valence-corrected chi connectivity index (χ4v) is 3.32. The van der Waals surface area contributed by atoms with Crippen LogP contribution in [0.15, 0.2) is 54.2 Å². The lowest BCUT2D eigenvalue weighted by Crippen LogP contribution is -2.34. The van der Waals surface area contributed by atoms with Gasteiger partial charge in [-0.05, 0) is 37.1 Å². The summed E-state index contributed by atoms with van der Waals surface area (Å²) in [6.07, 6.45) is 0.571. The van der Waals surface area contributed by atoms with Crippen molar-refractivity contribution in [2.24, 2.45) is 0 Å². The molecule has 0 fully saturated rings. The summed E-state index contributed by atoms with van der Waals surface area (Å²) in [6.45, 7) is 3.27. The zero-order chi connectivity index (χ0) is 20.8. The topological polar surface area (TPSA) is 67.9 Å².